The molecule has 23 N–H and O–H groups in total. The van der Waals surface area contributed by atoms with E-state index in [-0.39, 0.29) is 12.3 Å². The van der Waals surface area contributed by atoms with E-state index >= 15 is 0 Å². The molecule has 39 nitrogen and oxygen atoms in total. The van der Waals surface area contributed by atoms with Gasteiger partial charge in [-0.15, -0.1) is 0 Å². The van der Waals surface area contributed by atoms with E-state index in [2.05, 4.69) is 29.8 Å². The fourth-order valence-electron chi connectivity index (χ4n) is 16.0. The Balaban J connectivity index is 1.08. The quantitative estimate of drug-likeness (QED) is 0.0222. The van der Waals surface area contributed by atoms with Gasteiger partial charge in [0.25, 0.3) is 5.79 Å². The molecule has 0 radical (unpaired) electrons. The molecular weight excluding hydrogens is 1590 g/mol. The number of allylic oxidation sites excluding steroid dienone is 1. The summed E-state index contributed by atoms with van der Waals surface area (Å²) in [4.78, 5) is 51.6. The standard InChI is InChI=1S/C81H145N3O36/c1-5-7-9-11-13-15-17-19-20-21-22-24-26-28-30-32-34-36-56(95)84-47(48(92)35-33-31-29-27-25-23-18-16-14-12-10-8-6-2)43-109-76-67(104)64(101)70(53(41-88)113-76)116-78-68(105)65(102)71(54(42-89)114-78)117-79-69(106)74(62(99)52(40-87)112-79)119-75-58(83-46(4)91)72(61(98)51(39-86)111-75)118-77-66(103)63(100)60(97)55(115-77)44-110-81(80(107)108)37-49(93)57(82-45(3)90)73(120-81)59(96)50(94)38-85/h33,35,47-55,57-79,85-89,92-94,96-106H,5-32,34,36-44H2,1-4H3,(H,82,90)(H,83,91)(H,84,95)(H,107,108)/b35-33+/t47-,48+,49?,50+,51?,52?,53?,54?,55?,57+,58?,59+,60-,61-,62-,63-,64+,65+,66?,67?,68?,69?,70+,71-,72+,73?,74-,75-,76+,77-,78-,79-,81+/m0/s1. The summed E-state index contributed by atoms with van der Waals surface area (Å²) in [6.07, 6.45) is -22.5. The highest BCUT2D eigenvalue weighted by Gasteiger charge is 2.60. The van der Waals surface area contributed by atoms with E-state index in [1.165, 1.54) is 122 Å². The Bertz CT molecular complexity index is 2870. The van der Waals surface area contributed by atoms with Crippen LogP contribution in [0.15, 0.2) is 12.2 Å². The average molecular weight is 1740 g/mol. The van der Waals surface area contributed by atoms with Gasteiger partial charge in [-0.25, -0.2) is 4.79 Å². The van der Waals surface area contributed by atoms with Crippen LogP contribution in [-0.4, -0.2) is 374 Å². The Morgan fingerprint density at radius 2 is 0.842 bits per heavy atom. The number of carboxylic acids is 1. The molecule has 0 saturated carbocycles. The van der Waals surface area contributed by atoms with Crippen molar-refractivity contribution in [3.05, 3.63) is 12.2 Å². The van der Waals surface area contributed by atoms with E-state index in [0.29, 0.717) is 12.8 Å². The number of carbonyl (C=O) groups excluding carboxylic acids is 3. The number of amides is 3. The smallest absolute Gasteiger partial charge is 0.364 e. The van der Waals surface area contributed by atoms with Crippen molar-refractivity contribution in [3.63, 3.8) is 0 Å². The second kappa shape index (κ2) is 55.2. The van der Waals surface area contributed by atoms with Gasteiger partial charge < -0.3 is 175 Å². The van der Waals surface area contributed by atoms with Gasteiger partial charge >= 0.3 is 5.97 Å². The van der Waals surface area contributed by atoms with Crippen LogP contribution in [0.5, 0.6) is 0 Å². The Hall–Kier alpha value is -3.62. The molecule has 0 aromatic rings. The van der Waals surface area contributed by atoms with Crippen molar-refractivity contribution in [1.82, 2.24) is 16.0 Å². The normalized spacial score (nSPS) is 36.0. The molecule has 0 aliphatic carbocycles. The highest BCUT2D eigenvalue weighted by atomic mass is 16.8. The first-order chi connectivity index (χ1) is 57.5. The van der Waals surface area contributed by atoms with Gasteiger partial charge in [-0.1, -0.05) is 193 Å². The molecule has 6 rings (SSSR count). The minimum atomic E-state index is -3.03. The van der Waals surface area contributed by atoms with Crippen molar-refractivity contribution in [2.24, 2.45) is 0 Å². The van der Waals surface area contributed by atoms with Crippen LogP contribution in [-0.2, 0) is 76.0 Å². The lowest BCUT2D eigenvalue weighted by atomic mass is 9.88. The molecule has 6 fully saturated rings. The summed E-state index contributed by atoms with van der Waals surface area (Å²) in [5, 5.41) is 230. The lowest BCUT2D eigenvalue weighted by Crippen LogP contribution is -2.70. The zero-order valence-corrected chi connectivity index (χ0v) is 70.0. The molecule has 6 heterocycles. The summed E-state index contributed by atoms with van der Waals surface area (Å²) in [6, 6.07) is -4.61. The van der Waals surface area contributed by atoms with E-state index in [9.17, 15) is 121 Å². The molecule has 6 saturated heterocycles. The molecule has 3 amide bonds. The number of hydrogen-bond donors (Lipinski definition) is 23. The van der Waals surface area contributed by atoms with Gasteiger partial charge in [0.15, 0.2) is 31.5 Å². The van der Waals surface area contributed by atoms with E-state index in [4.69, 9.17) is 56.8 Å². The Labute approximate surface area is 702 Å². The first-order valence-electron chi connectivity index (χ1n) is 43.6. The fraction of sp³-hybridized carbons (Fsp3) is 0.926. The monoisotopic (exact) mass is 1740 g/mol. The van der Waals surface area contributed by atoms with Crippen molar-refractivity contribution in [1.29, 1.82) is 0 Å². The van der Waals surface area contributed by atoms with Gasteiger partial charge in [0.05, 0.1) is 70.5 Å². The van der Waals surface area contributed by atoms with Crippen LogP contribution in [0, 0.1) is 0 Å². The van der Waals surface area contributed by atoms with Crippen LogP contribution < -0.4 is 16.0 Å². The Morgan fingerprint density at radius 3 is 1.32 bits per heavy atom. The average Bonchev–Trinajstić information content (AvgIpc) is 0.783. The molecule has 0 aromatic carbocycles. The van der Waals surface area contributed by atoms with Gasteiger partial charge in [0, 0.05) is 26.7 Å². The predicted molar refractivity (Wildman–Crippen MR) is 420 cm³/mol. The molecular formula is C81H145N3O36. The molecule has 120 heavy (non-hydrogen) atoms. The predicted octanol–water partition coefficient (Wildman–Crippen LogP) is -2.44. The molecule has 33 atom stereocenters. The first kappa shape index (κ1) is 105. The van der Waals surface area contributed by atoms with E-state index in [1.54, 1.807) is 6.08 Å². The fourth-order valence-corrected chi connectivity index (χ4v) is 16.0. The molecule has 39 heteroatoms. The second-order valence-electron chi connectivity index (χ2n) is 32.8. The molecule has 6 aliphatic rings. The van der Waals surface area contributed by atoms with Crippen LogP contribution in [0.4, 0.5) is 0 Å². The van der Waals surface area contributed by atoms with Crippen LogP contribution in [0.2, 0.25) is 0 Å². The molecule has 0 aromatic heterocycles. The topological polar surface area (TPSA) is 620 Å². The number of carboxylic acid groups (broad SMARTS) is 1. The summed E-state index contributed by atoms with van der Waals surface area (Å²) in [5.74, 6) is -7.11. The van der Waals surface area contributed by atoms with Crippen LogP contribution in [0.1, 0.15) is 227 Å². The third-order valence-corrected chi connectivity index (χ3v) is 23.2. The lowest BCUT2D eigenvalue weighted by Gasteiger charge is -2.50. The summed E-state index contributed by atoms with van der Waals surface area (Å²) < 4.78 is 70.4. The third-order valence-electron chi connectivity index (χ3n) is 23.2. The van der Waals surface area contributed by atoms with Crippen LogP contribution in [0.25, 0.3) is 0 Å². The van der Waals surface area contributed by atoms with Crippen LogP contribution in [0.3, 0.4) is 0 Å². The van der Waals surface area contributed by atoms with Gasteiger partial charge in [-0.2, -0.15) is 0 Å². The number of unbranched alkanes of at least 4 members (excludes halogenated alkanes) is 27. The maximum atomic E-state index is 13.5. The number of aliphatic hydroxyl groups is 19. The number of aliphatic carboxylic acids is 1. The van der Waals surface area contributed by atoms with Gasteiger partial charge in [0.1, 0.15) is 140 Å². The highest BCUT2D eigenvalue weighted by Crippen LogP contribution is 2.39. The van der Waals surface area contributed by atoms with Gasteiger partial charge in [-0.3, -0.25) is 14.4 Å². The van der Waals surface area contributed by atoms with Gasteiger partial charge in [0.2, 0.25) is 17.7 Å². The SMILES string of the molecule is CCCCCCCCCCCCC/C=C/[C@@H](O)[C@H](CO[C@@H]1OC(CO)[C@@H](O[C@@H]2OC(CO)[C@H](O[C@@H]3OC(CO)[C@H](O)[C@H](O[C@@H]4OC(CO)[C@H](O)[C@H](O[C@@H]5OC(CO[C@]6(C(=O)O)CC(O)[C@@H](NC(C)=O)C([C@H](O)[C@H](O)CO)O6)[C@H](O)[C@H](O)C5O)C4NC(C)=O)C3O)[C@H](O)C2O)[C@H](O)C1O)NC(=O)CCCCCCCCCCCCCCCCCCC. The summed E-state index contributed by atoms with van der Waals surface area (Å²) in [6.45, 7) is -0.538. The third kappa shape index (κ3) is 31.7. The Morgan fingerprint density at radius 1 is 0.442 bits per heavy atom. The number of nitrogens with one attached hydrogen (secondary N) is 3. The number of carbonyl (C=O) groups is 4. The lowest BCUT2D eigenvalue weighted by molar-refractivity contribution is -0.389. The van der Waals surface area contributed by atoms with E-state index < -0.39 is 272 Å². The van der Waals surface area contributed by atoms with E-state index in [0.717, 1.165) is 65.2 Å². The van der Waals surface area contributed by atoms with Crippen molar-refractivity contribution in [2.75, 3.05) is 46.2 Å². The minimum absolute atomic E-state index is 0.170. The van der Waals surface area contributed by atoms with Crippen molar-refractivity contribution < 1.29 is 178 Å². The summed E-state index contributed by atoms with van der Waals surface area (Å²) in [5.41, 5.74) is 0. The molecule has 6 aliphatic heterocycles. The minimum Gasteiger partial charge on any atom is -0.477 e. The van der Waals surface area contributed by atoms with Crippen molar-refractivity contribution in [2.45, 2.75) is 429 Å². The highest BCUT2D eigenvalue weighted by molar-refractivity contribution is 5.77. The maximum absolute atomic E-state index is 13.5. The zero-order chi connectivity index (χ0) is 88.2. The Kier molecular flexibility index (Phi) is 48.4. The first-order valence-corrected chi connectivity index (χ1v) is 43.6. The summed E-state index contributed by atoms with van der Waals surface area (Å²) >= 11 is 0. The van der Waals surface area contributed by atoms with E-state index in [1.807, 2.05) is 6.08 Å². The zero-order valence-electron chi connectivity index (χ0n) is 70.0. The second-order valence-corrected chi connectivity index (χ2v) is 32.8. The molecule has 0 bridgehead atoms. The largest absolute Gasteiger partial charge is 0.477 e. The number of hydrogen-bond acceptors (Lipinski definition) is 35. The molecule has 700 valence electrons. The number of aliphatic hydroxyl groups excluding tert-OH is 19. The maximum Gasteiger partial charge on any atom is 0.364 e. The summed E-state index contributed by atoms with van der Waals surface area (Å²) in [7, 11) is 0. The number of rotatable bonds is 57. The van der Waals surface area contributed by atoms with Crippen molar-refractivity contribution >= 4 is 23.7 Å². The number of ether oxygens (including phenoxy) is 12. The van der Waals surface area contributed by atoms with Crippen molar-refractivity contribution in [3.8, 4) is 0 Å². The van der Waals surface area contributed by atoms with Crippen LogP contribution >= 0.6 is 0 Å². The molecule has 12 unspecified atom stereocenters. The molecule has 0 spiro atoms. The van der Waals surface area contributed by atoms with Gasteiger partial charge in [-0.05, 0) is 19.3 Å².